The average molecular weight is 123 g/mol. The van der Waals surface area contributed by atoms with Gasteiger partial charge in [0.2, 0.25) is 0 Å². The standard InChI is InChI=1S/C8H13N/c1-2-3-4-8-5-6-9-7-8/h8-9H,4-7H2,1H3. The lowest BCUT2D eigenvalue weighted by atomic mass is 10.1. The van der Waals surface area contributed by atoms with E-state index in [1.807, 2.05) is 6.92 Å². The minimum absolute atomic E-state index is 0.831. The molecule has 1 nitrogen and oxygen atoms in total. The van der Waals surface area contributed by atoms with E-state index in [2.05, 4.69) is 17.2 Å². The van der Waals surface area contributed by atoms with Gasteiger partial charge in [-0.15, -0.1) is 11.8 Å². The van der Waals surface area contributed by atoms with Crippen LogP contribution in [0.1, 0.15) is 19.8 Å². The molecule has 1 heterocycles. The summed E-state index contributed by atoms with van der Waals surface area (Å²) in [7, 11) is 0. The van der Waals surface area contributed by atoms with E-state index >= 15 is 0 Å². The first-order valence-corrected chi connectivity index (χ1v) is 3.54. The van der Waals surface area contributed by atoms with Crippen molar-refractivity contribution >= 4 is 0 Å². The molecule has 0 saturated carbocycles. The third-order valence-corrected chi connectivity index (χ3v) is 1.73. The molecule has 1 rings (SSSR count). The topological polar surface area (TPSA) is 12.0 Å². The summed E-state index contributed by atoms with van der Waals surface area (Å²) in [5, 5.41) is 3.31. The number of nitrogens with one attached hydrogen (secondary N) is 1. The molecule has 0 spiro atoms. The van der Waals surface area contributed by atoms with Crippen molar-refractivity contribution in [3.8, 4) is 11.8 Å². The number of hydrogen-bond acceptors (Lipinski definition) is 1. The van der Waals surface area contributed by atoms with Gasteiger partial charge in [-0.25, -0.2) is 0 Å². The lowest BCUT2D eigenvalue weighted by Crippen LogP contribution is -2.08. The summed E-state index contributed by atoms with van der Waals surface area (Å²) in [5.74, 6) is 6.85. The minimum Gasteiger partial charge on any atom is -0.316 e. The van der Waals surface area contributed by atoms with Crippen LogP contribution in [0, 0.1) is 17.8 Å². The average Bonchev–Trinajstić information content (AvgIpc) is 2.34. The van der Waals surface area contributed by atoms with Crippen molar-refractivity contribution in [2.45, 2.75) is 19.8 Å². The highest BCUT2D eigenvalue weighted by Gasteiger charge is 2.11. The molecule has 1 aliphatic heterocycles. The Morgan fingerprint density at radius 1 is 1.67 bits per heavy atom. The van der Waals surface area contributed by atoms with E-state index < -0.39 is 0 Å². The molecule has 50 valence electrons. The molecule has 1 fully saturated rings. The molecule has 0 bridgehead atoms. The molecule has 0 amide bonds. The van der Waals surface area contributed by atoms with E-state index in [9.17, 15) is 0 Å². The Labute approximate surface area is 56.8 Å². The maximum Gasteiger partial charge on any atom is 0.0129 e. The summed E-state index contributed by atoms with van der Waals surface area (Å²) in [6.45, 7) is 4.27. The molecule has 1 atom stereocenters. The fourth-order valence-electron chi connectivity index (χ4n) is 1.14. The maximum absolute atomic E-state index is 3.31. The molecule has 1 heteroatoms. The van der Waals surface area contributed by atoms with E-state index in [0.717, 1.165) is 12.3 Å². The van der Waals surface area contributed by atoms with E-state index in [-0.39, 0.29) is 0 Å². The lowest BCUT2D eigenvalue weighted by Gasteiger charge is -1.98. The molecular weight excluding hydrogens is 110 g/mol. The Morgan fingerprint density at radius 2 is 2.56 bits per heavy atom. The first-order valence-electron chi connectivity index (χ1n) is 3.54. The van der Waals surface area contributed by atoms with E-state index in [1.165, 1.54) is 19.5 Å². The van der Waals surface area contributed by atoms with Crippen LogP contribution in [-0.2, 0) is 0 Å². The molecule has 0 aliphatic carbocycles. The Kier molecular flexibility index (Phi) is 2.60. The molecule has 0 aromatic carbocycles. The summed E-state index contributed by atoms with van der Waals surface area (Å²) >= 11 is 0. The monoisotopic (exact) mass is 123 g/mol. The largest absolute Gasteiger partial charge is 0.316 e. The molecular formula is C8H13N. The molecule has 1 unspecified atom stereocenters. The molecule has 0 aromatic heterocycles. The van der Waals surface area contributed by atoms with E-state index in [0.29, 0.717) is 0 Å². The third-order valence-electron chi connectivity index (χ3n) is 1.73. The Bertz CT molecular complexity index is 123. The van der Waals surface area contributed by atoms with Gasteiger partial charge in [0.15, 0.2) is 0 Å². The second-order valence-corrected chi connectivity index (χ2v) is 2.49. The highest BCUT2D eigenvalue weighted by Crippen LogP contribution is 2.10. The van der Waals surface area contributed by atoms with Crippen LogP contribution in [0.3, 0.4) is 0 Å². The summed E-state index contributed by atoms with van der Waals surface area (Å²) < 4.78 is 0. The first-order chi connectivity index (χ1) is 4.43. The Morgan fingerprint density at radius 3 is 3.11 bits per heavy atom. The minimum atomic E-state index is 0.831. The van der Waals surface area contributed by atoms with Crippen LogP contribution in [0.15, 0.2) is 0 Å². The van der Waals surface area contributed by atoms with Gasteiger partial charge in [0.1, 0.15) is 0 Å². The van der Waals surface area contributed by atoms with Gasteiger partial charge in [0.05, 0.1) is 0 Å². The van der Waals surface area contributed by atoms with Crippen molar-refractivity contribution in [3.63, 3.8) is 0 Å². The van der Waals surface area contributed by atoms with Crippen LogP contribution >= 0.6 is 0 Å². The summed E-state index contributed by atoms with van der Waals surface area (Å²) in [5.41, 5.74) is 0. The highest BCUT2D eigenvalue weighted by molar-refractivity contribution is 4.97. The second-order valence-electron chi connectivity index (χ2n) is 2.49. The SMILES string of the molecule is CC#CCC1CCNC1. The summed E-state index contributed by atoms with van der Waals surface area (Å²) in [6, 6.07) is 0. The van der Waals surface area contributed by atoms with Gasteiger partial charge in [0, 0.05) is 6.42 Å². The van der Waals surface area contributed by atoms with Crippen LogP contribution in [0.4, 0.5) is 0 Å². The second kappa shape index (κ2) is 3.53. The van der Waals surface area contributed by atoms with Gasteiger partial charge in [-0.05, 0) is 32.4 Å². The molecule has 0 aromatic rings. The van der Waals surface area contributed by atoms with Gasteiger partial charge in [0.25, 0.3) is 0 Å². The van der Waals surface area contributed by atoms with Crippen molar-refractivity contribution in [1.82, 2.24) is 5.32 Å². The predicted molar refractivity (Wildman–Crippen MR) is 39.0 cm³/mol. The zero-order chi connectivity index (χ0) is 6.53. The van der Waals surface area contributed by atoms with Gasteiger partial charge in [-0.3, -0.25) is 0 Å². The maximum atomic E-state index is 3.31. The number of rotatable bonds is 1. The molecule has 0 radical (unpaired) electrons. The zero-order valence-electron chi connectivity index (χ0n) is 5.91. The van der Waals surface area contributed by atoms with Crippen molar-refractivity contribution in [1.29, 1.82) is 0 Å². The van der Waals surface area contributed by atoms with Gasteiger partial charge >= 0.3 is 0 Å². The fraction of sp³-hybridized carbons (Fsp3) is 0.750. The molecule has 1 N–H and O–H groups in total. The zero-order valence-corrected chi connectivity index (χ0v) is 5.91. The van der Waals surface area contributed by atoms with Crippen molar-refractivity contribution in [2.75, 3.05) is 13.1 Å². The van der Waals surface area contributed by atoms with E-state index in [1.54, 1.807) is 0 Å². The van der Waals surface area contributed by atoms with E-state index in [4.69, 9.17) is 0 Å². The molecule has 9 heavy (non-hydrogen) atoms. The van der Waals surface area contributed by atoms with Crippen molar-refractivity contribution < 1.29 is 0 Å². The van der Waals surface area contributed by atoms with Gasteiger partial charge in [-0.1, -0.05) is 0 Å². The Hall–Kier alpha value is -0.480. The van der Waals surface area contributed by atoms with Crippen LogP contribution in [-0.4, -0.2) is 13.1 Å². The van der Waals surface area contributed by atoms with Gasteiger partial charge < -0.3 is 5.32 Å². The summed E-state index contributed by atoms with van der Waals surface area (Å²) in [6.07, 6.45) is 2.40. The quantitative estimate of drug-likeness (QED) is 0.513. The normalized spacial score (nSPS) is 25.2. The first kappa shape index (κ1) is 6.64. The van der Waals surface area contributed by atoms with Crippen molar-refractivity contribution in [3.05, 3.63) is 0 Å². The fourth-order valence-corrected chi connectivity index (χ4v) is 1.14. The van der Waals surface area contributed by atoms with Crippen molar-refractivity contribution in [2.24, 2.45) is 5.92 Å². The Balaban J connectivity index is 2.16. The van der Waals surface area contributed by atoms with Gasteiger partial charge in [-0.2, -0.15) is 0 Å². The number of hydrogen-bond donors (Lipinski definition) is 1. The molecule has 1 aliphatic rings. The predicted octanol–water partition coefficient (Wildman–Crippen LogP) is 1.01. The third kappa shape index (κ3) is 2.07. The molecule has 1 saturated heterocycles. The summed E-state index contributed by atoms with van der Waals surface area (Å²) in [4.78, 5) is 0. The van der Waals surface area contributed by atoms with Crippen LogP contribution < -0.4 is 5.32 Å². The lowest BCUT2D eigenvalue weighted by molar-refractivity contribution is 0.602. The smallest absolute Gasteiger partial charge is 0.0129 e. The highest BCUT2D eigenvalue weighted by atomic mass is 14.9. The van der Waals surface area contributed by atoms with Crippen LogP contribution in [0.5, 0.6) is 0 Å². The van der Waals surface area contributed by atoms with Crippen LogP contribution in [0.25, 0.3) is 0 Å². The van der Waals surface area contributed by atoms with Crippen LogP contribution in [0.2, 0.25) is 0 Å².